The molecule has 0 saturated heterocycles. The standard InChI is InChI=1S/C21H31FN4O.HI/c1-3-24-20(25-15-18-8-7-17(14-23)13-19(18)22)26-16-21(9-5-6-10-21)11-12-27-4-2;/h7-8,13H,3-6,9-12,15-16H2,1-2H3,(H2,24,25,26);1H. The van der Waals surface area contributed by atoms with E-state index in [0.717, 1.165) is 32.7 Å². The first kappa shape index (κ1) is 24.6. The molecule has 0 radical (unpaired) electrons. The zero-order valence-electron chi connectivity index (χ0n) is 16.9. The Labute approximate surface area is 185 Å². The molecular weight excluding hydrogens is 470 g/mol. The third-order valence-electron chi connectivity index (χ3n) is 5.21. The number of halogens is 2. The lowest BCUT2D eigenvalue weighted by molar-refractivity contribution is 0.105. The number of hydrogen-bond donors (Lipinski definition) is 2. The maximum atomic E-state index is 14.1. The maximum Gasteiger partial charge on any atom is 0.191 e. The van der Waals surface area contributed by atoms with Crippen LogP contribution >= 0.6 is 24.0 Å². The molecule has 28 heavy (non-hydrogen) atoms. The van der Waals surface area contributed by atoms with Gasteiger partial charge in [-0.05, 0) is 50.7 Å². The average molecular weight is 502 g/mol. The van der Waals surface area contributed by atoms with Crippen LogP contribution in [0.3, 0.4) is 0 Å². The van der Waals surface area contributed by atoms with Gasteiger partial charge in [-0.15, -0.1) is 24.0 Å². The highest BCUT2D eigenvalue weighted by atomic mass is 127. The van der Waals surface area contributed by atoms with Crippen LogP contribution in [0.25, 0.3) is 0 Å². The molecule has 0 aromatic heterocycles. The highest BCUT2D eigenvalue weighted by Crippen LogP contribution is 2.40. The molecule has 1 aliphatic rings. The van der Waals surface area contributed by atoms with Crippen molar-refractivity contribution in [3.8, 4) is 6.07 Å². The molecule has 0 spiro atoms. The molecule has 0 unspecified atom stereocenters. The summed E-state index contributed by atoms with van der Waals surface area (Å²) in [5.74, 6) is 0.307. The van der Waals surface area contributed by atoms with Crippen molar-refractivity contribution >= 4 is 29.9 Å². The summed E-state index contributed by atoms with van der Waals surface area (Å²) in [5, 5.41) is 15.5. The average Bonchev–Trinajstić information content (AvgIpc) is 3.14. The summed E-state index contributed by atoms with van der Waals surface area (Å²) in [6.07, 6.45) is 5.99. The lowest BCUT2D eigenvalue weighted by atomic mass is 9.83. The van der Waals surface area contributed by atoms with Gasteiger partial charge in [0, 0.05) is 31.9 Å². The smallest absolute Gasteiger partial charge is 0.191 e. The molecule has 7 heteroatoms. The third-order valence-corrected chi connectivity index (χ3v) is 5.21. The monoisotopic (exact) mass is 502 g/mol. The number of nitrogens with zero attached hydrogens (tertiary/aromatic N) is 2. The van der Waals surface area contributed by atoms with Crippen molar-refractivity contribution in [2.45, 2.75) is 52.5 Å². The van der Waals surface area contributed by atoms with Gasteiger partial charge in [0.1, 0.15) is 5.82 Å². The Hall–Kier alpha value is -1.40. The van der Waals surface area contributed by atoms with Crippen LogP contribution in [0.1, 0.15) is 57.1 Å². The molecule has 0 aliphatic heterocycles. The molecule has 1 fully saturated rings. The fourth-order valence-corrected chi connectivity index (χ4v) is 3.60. The number of hydrogen-bond acceptors (Lipinski definition) is 3. The lowest BCUT2D eigenvalue weighted by Gasteiger charge is -2.30. The Balaban J connectivity index is 0.00000392. The summed E-state index contributed by atoms with van der Waals surface area (Å²) in [6, 6.07) is 6.45. The van der Waals surface area contributed by atoms with Crippen LogP contribution in [-0.4, -0.2) is 32.3 Å². The fourth-order valence-electron chi connectivity index (χ4n) is 3.60. The molecule has 0 atom stereocenters. The third kappa shape index (κ3) is 7.55. The molecule has 156 valence electrons. The van der Waals surface area contributed by atoms with Crippen LogP contribution in [0.15, 0.2) is 23.2 Å². The minimum absolute atomic E-state index is 0. The van der Waals surface area contributed by atoms with Crippen LogP contribution in [-0.2, 0) is 11.3 Å². The van der Waals surface area contributed by atoms with E-state index in [-0.39, 0.29) is 35.9 Å². The number of nitrogens with one attached hydrogen (secondary N) is 2. The second kappa shape index (κ2) is 12.9. The minimum Gasteiger partial charge on any atom is -0.382 e. The van der Waals surface area contributed by atoms with E-state index < -0.39 is 5.82 Å². The zero-order chi connectivity index (χ0) is 19.5. The van der Waals surface area contributed by atoms with Crippen molar-refractivity contribution in [2.75, 3.05) is 26.3 Å². The highest BCUT2D eigenvalue weighted by molar-refractivity contribution is 14.0. The molecule has 0 heterocycles. The van der Waals surface area contributed by atoms with Gasteiger partial charge in [-0.1, -0.05) is 18.9 Å². The van der Waals surface area contributed by atoms with E-state index in [0.29, 0.717) is 17.1 Å². The summed E-state index contributed by atoms with van der Waals surface area (Å²) >= 11 is 0. The number of nitriles is 1. The molecule has 1 aromatic carbocycles. The van der Waals surface area contributed by atoms with Crippen LogP contribution < -0.4 is 10.6 Å². The molecule has 2 rings (SSSR count). The van der Waals surface area contributed by atoms with Gasteiger partial charge in [0.2, 0.25) is 0 Å². The highest BCUT2D eigenvalue weighted by Gasteiger charge is 2.33. The van der Waals surface area contributed by atoms with E-state index in [1.54, 1.807) is 12.1 Å². The SMILES string of the molecule is CCNC(=NCc1ccc(C#N)cc1F)NCC1(CCOCC)CCCC1.I. The van der Waals surface area contributed by atoms with Gasteiger partial charge in [-0.2, -0.15) is 5.26 Å². The second-order valence-corrected chi connectivity index (χ2v) is 7.12. The predicted molar refractivity (Wildman–Crippen MR) is 121 cm³/mol. The first-order valence-electron chi connectivity index (χ1n) is 9.91. The number of rotatable bonds is 9. The fraction of sp³-hybridized carbons (Fsp3) is 0.619. The van der Waals surface area contributed by atoms with Crippen LogP contribution in [0.4, 0.5) is 4.39 Å². The number of ether oxygens (including phenoxy) is 1. The van der Waals surface area contributed by atoms with E-state index in [1.165, 1.54) is 31.7 Å². The Morgan fingerprint density at radius 3 is 2.64 bits per heavy atom. The van der Waals surface area contributed by atoms with E-state index in [1.807, 2.05) is 19.9 Å². The summed E-state index contributed by atoms with van der Waals surface area (Å²) in [7, 11) is 0. The molecule has 2 N–H and O–H groups in total. The van der Waals surface area contributed by atoms with Crippen LogP contribution in [0.2, 0.25) is 0 Å². The maximum absolute atomic E-state index is 14.1. The van der Waals surface area contributed by atoms with Gasteiger partial charge in [0.05, 0.1) is 18.2 Å². The summed E-state index contributed by atoms with van der Waals surface area (Å²) in [4.78, 5) is 4.53. The van der Waals surface area contributed by atoms with Gasteiger partial charge in [0.25, 0.3) is 0 Å². The topological polar surface area (TPSA) is 69.4 Å². The summed E-state index contributed by atoms with van der Waals surface area (Å²) < 4.78 is 19.6. The zero-order valence-corrected chi connectivity index (χ0v) is 19.2. The van der Waals surface area contributed by atoms with E-state index >= 15 is 0 Å². The van der Waals surface area contributed by atoms with Gasteiger partial charge in [-0.25, -0.2) is 9.38 Å². The number of guanidine groups is 1. The predicted octanol–water partition coefficient (Wildman–Crippen LogP) is 4.36. The normalized spacial score (nSPS) is 15.6. The summed E-state index contributed by atoms with van der Waals surface area (Å²) in [5.41, 5.74) is 1.06. The van der Waals surface area contributed by atoms with E-state index in [4.69, 9.17) is 10.00 Å². The largest absolute Gasteiger partial charge is 0.382 e. The molecule has 0 bridgehead atoms. The first-order chi connectivity index (χ1) is 13.1. The molecule has 1 saturated carbocycles. The molecular formula is C21H32FIN4O. The Morgan fingerprint density at radius 1 is 1.29 bits per heavy atom. The van der Waals surface area contributed by atoms with Crippen LogP contribution in [0.5, 0.6) is 0 Å². The van der Waals surface area contributed by atoms with Crippen LogP contribution in [0, 0.1) is 22.6 Å². The summed E-state index contributed by atoms with van der Waals surface area (Å²) in [6.45, 7) is 7.41. The van der Waals surface area contributed by atoms with Crippen molar-refractivity contribution in [3.63, 3.8) is 0 Å². The molecule has 1 aliphatic carbocycles. The van der Waals surface area contributed by atoms with Crippen molar-refractivity contribution in [1.82, 2.24) is 10.6 Å². The van der Waals surface area contributed by atoms with Gasteiger partial charge < -0.3 is 15.4 Å². The molecule has 0 amide bonds. The first-order valence-corrected chi connectivity index (χ1v) is 9.91. The van der Waals surface area contributed by atoms with E-state index in [2.05, 4.69) is 15.6 Å². The van der Waals surface area contributed by atoms with Gasteiger partial charge in [0.15, 0.2) is 5.96 Å². The minimum atomic E-state index is -0.391. The Kier molecular flexibility index (Phi) is 11.4. The van der Waals surface area contributed by atoms with Crippen molar-refractivity contribution in [3.05, 3.63) is 35.1 Å². The Bertz CT molecular complexity index is 669. The lowest BCUT2D eigenvalue weighted by Crippen LogP contribution is -2.43. The number of aliphatic imine (C=N–C) groups is 1. The van der Waals surface area contributed by atoms with Gasteiger partial charge in [-0.3, -0.25) is 0 Å². The second-order valence-electron chi connectivity index (χ2n) is 7.12. The van der Waals surface area contributed by atoms with E-state index in [9.17, 15) is 4.39 Å². The van der Waals surface area contributed by atoms with Gasteiger partial charge >= 0.3 is 0 Å². The molecule has 1 aromatic rings. The van der Waals surface area contributed by atoms with Crippen molar-refractivity contribution in [1.29, 1.82) is 5.26 Å². The quantitative estimate of drug-likeness (QED) is 0.228. The number of benzene rings is 1. The van der Waals surface area contributed by atoms with Crippen molar-refractivity contribution < 1.29 is 9.13 Å². The Morgan fingerprint density at radius 2 is 2.04 bits per heavy atom. The molecule has 5 nitrogen and oxygen atoms in total. The van der Waals surface area contributed by atoms with Crippen molar-refractivity contribution in [2.24, 2.45) is 10.4 Å².